The number of morpholine rings is 1. The molecule has 1 saturated heterocycles. The van der Waals surface area contributed by atoms with E-state index >= 15 is 0 Å². The number of fused-ring (bicyclic) bond motifs is 1. The van der Waals surface area contributed by atoms with Crippen molar-refractivity contribution in [2.45, 2.75) is 45.5 Å². The number of aryl methyl sites for hydroxylation is 2. The molecule has 27 heavy (non-hydrogen) atoms. The summed E-state index contributed by atoms with van der Waals surface area (Å²) in [6, 6.07) is 0. The monoisotopic (exact) mass is 412 g/mol. The molecule has 2 aromatic rings. The van der Waals surface area contributed by atoms with Crippen LogP contribution in [0.15, 0.2) is 9.95 Å². The molecule has 0 amide bonds. The lowest BCUT2D eigenvalue weighted by atomic mass is 10.2. The maximum Gasteiger partial charge on any atom is 0.263 e. The van der Waals surface area contributed by atoms with Crippen LogP contribution in [0.2, 0.25) is 0 Å². The number of thioether (sulfide) groups is 1. The fourth-order valence-corrected chi connectivity index (χ4v) is 5.38. The van der Waals surface area contributed by atoms with Crippen molar-refractivity contribution in [3.63, 3.8) is 0 Å². The van der Waals surface area contributed by atoms with E-state index in [0.717, 1.165) is 52.1 Å². The van der Waals surface area contributed by atoms with Gasteiger partial charge in [-0.25, -0.2) is 4.98 Å². The predicted octanol–water partition coefficient (Wildman–Crippen LogP) is 1.10. The Bertz CT molecular complexity index is 841. The van der Waals surface area contributed by atoms with E-state index < -0.39 is 6.10 Å². The number of hydrogen-bond acceptors (Lipinski definition) is 6. The maximum atomic E-state index is 13.1. The molecule has 6 nitrogen and oxygen atoms in total. The highest BCUT2D eigenvalue weighted by atomic mass is 32.2. The van der Waals surface area contributed by atoms with Crippen LogP contribution in [0.5, 0.6) is 0 Å². The van der Waals surface area contributed by atoms with Crippen LogP contribution in [0.3, 0.4) is 0 Å². The van der Waals surface area contributed by atoms with Crippen LogP contribution in [0.1, 0.15) is 24.3 Å². The Labute approximate surface area is 168 Å². The van der Waals surface area contributed by atoms with Gasteiger partial charge < -0.3 is 14.7 Å². The summed E-state index contributed by atoms with van der Waals surface area (Å²) in [4.78, 5) is 21.2. The van der Waals surface area contributed by atoms with Crippen LogP contribution < -0.4 is 10.5 Å². The Morgan fingerprint density at radius 3 is 2.70 bits per heavy atom. The van der Waals surface area contributed by atoms with Gasteiger partial charge in [-0.3, -0.25) is 9.36 Å². The molecule has 0 bridgehead atoms. The Balaban J connectivity index is 1.80. The molecular weight excluding hydrogens is 382 g/mol. The van der Waals surface area contributed by atoms with Crippen LogP contribution in [0.4, 0.5) is 0 Å². The molecule has 0 saturated carbocycles. The molecule has 0 aromatic carbocycles. The number of nitrogens with one attached hydrogen (secondary N) is 1. The quantitative estimate of drug-likeness (QED) is 0.527. The fourth-order valence-electron chi connectivity index (χ4n) is 3.37. The third kappa shape index (κ3) is 4.92. The molecule has 3 rings (SSSR count). The molecule has 0 spiro atoms. The normalized spacial score (nSPS) is 17.1. The molecule has 1 atom stereocenters. The van der Waals surface area contributed by atoms with Crippen LogP contribution in [0, 0.1) is 19.8 Å². The average molecular weight is 413 g/mol. The smallest absolute Gasteiger partial charge is 0.263 e. The number of hydrogen-bond donors (Lipinski definition) is 2. The van der Waals surface area contributed by atoms with Crippen LogP contribution in [-0.4, -0.2) is 59.4 Å². The van der Waals surface area contributed by atoms with Gasteiger partial charge in [0, 0.05) is 17.2 Å². The second-order valence-corrected chi connectivity index (χ2v) is 9.89. The Morgan fingerprint density at radius 1 is 1.33 bits per heavy atom. The number of nitrogens with zero attached hydrogens (tertiary/aromatic N) is 2. The van der Waals surface area contributed by atoms with Crippen molar-refractivity contribution in [3.8, 4) is 0 Å². The van der Waals surface area contributed by atoms with Crippen molar-refractivity contribution in [2.24, 2.45) is 5.92 Å². The minimum atomic E-state index is -0.421. The highest BCUT2D eigenvalue weighted by molar-refractivity contribution is 7.99. The van der Waals surface area contributed by atoms with E-state index in [9.17, 15) is 9.90 Å². The topological polar surface area (TPSA) is 68.8 Å². The van der Waals surface area contributed by atoms with Gasteiger partial charge in [0.1, 0.15) is 30.6 Å². The maximum absolute atomic E-state index is 13.1. The molecule has 0 unspecified atom stereocenters. The van der Waals surface area contributed by atoms with E-state index in [1.165, 1.54) is 16.7 Å². The summed E-state index contributed by atoms with van der Waals surface area (Å²) in [5, 5.41) is 11.9. The zero-order valence-corrected chi connectivity index (χ0v) is 18.2. The molecule has 1 fully saturated rings. The molecule has 0 aliphatic carbocycles. The van der Waals surface area contributed by atoms with E-state index in [4.69, 9.17) is 9.72 Å². The first-order chi connectivity index (χ1) is 12.9. The first-order valence-electron chi connectivity index (χ1n) is 9.59. The van der Waals surface area contributed by atoms with E-state index in [2.05, 4.69) is 13.8 Å². The molecule has 1 aliphatic rings. The van der Waals surface area contributed by atoms with E-state index in [-0.39, 0.29) is 5.56 Å². The number of aliphatic hydroxyl groups excluding tert-OH is 1. The van der Waals surface area contributed by atoms with Gasteiger partial charge in [0.25, 0.3) is 5.56 Å². The van der Waals surface area contributed by atoms with Gasteiger partial charge in [-0.15, -0.1) is 11.3 Å². The largest absolute Gasteiger partial charge is 0.386 e. The molecule has 8 heteroatoms. The molecular formula is C19H30N3O3S2+. The summed E-state index contributed by atoms with van der Waals surface area (Å²) in [6.07, 6.45) is -0.421. The zero-order valence-electron chi connectivity index (χ0n) is 16.6. The fraction of sp³-hybridized carbons (Fsp3) is 0.684. The summed E-state index contributed by atoms with van der Waals surface area (Å²) >= 11 is 3.07. The van der Waals surface area contributed by atoms with Crippen molar-refractivity contribution >= 4 is 33.3 Å². The Kier molecular flexibility index (Phi) is 6.97. The van der Waals surface area contributed by atoms with E-state index in [1.54, 1.807) is 15.9 Å². The van der Waals surface area contributed by atoms with Crippen LogP contribution >= 0.6 is 23.1 Å². The molecule has 1 aliphatic heterocycles. The third-order valence-corrected chi connectivity index (χ3v) is 7.15. The first kappa shape index (κ1) is 20.8. The summed E-state index contributed by atoms with van der Waals surface area (Å²) in [5.74, 6) is 0.896. The third-order valence-electron chi connectivity index (χ3n) is 4.93. The summed E-state index contributed by atoms with van der Waals surface area (Å²) in [6.45, 7) is 13.0. The molecule has 2 N–H and O–H groups in total. The lowest BCUT2D eigenvalue weighted by Gasteiger charge is -2.25. The van der Waals surface area contributed by atoms with Gasteiger partial charge in [0.2, 0.25) is 0 Å². The lowest BCUT2D eigenvalue weighted by molar-refractivity contribution is -0.910. The summed E-state index contributed by atoms with van der Waals surface area (Å²) in [7, 11) is 0. The number of rotatable bonds is 7. The summed E-state index contributed by atoms with van der Waals surface area (Å²) in [5.41, 5.74) is 1.09. The van der Waals surface area contributed by atoms with Gasteiger partial charge in [0.05, 0.1) is 18.6 Å². The highest BCUT2D eigenvalue weighted by Crippen LogP contribution is 2.28. The highest BCUT2D eigenvalue weighted by Gasteiger charge is 2.21. The van der Waals surface area contributed by atoms with Crippen LogP contribution in [0.25, 0.3) is 10.2 Å². The number of quaternary nitrogens is 1. The second-order valence-electron chi connectivity index (χ2n) is 7.70. The standard InChI is InChI=1S/C19H29N3O3S2/c1-12(2)9-22-18(24)16-13(3)14(4)27-17(16)20-19(22)26-11-15(23)10-21-5-7-25-8-6-21/h12,15,23H,5-11H2,1-4H3/p+1/t15-/m0/s1. The van der Waals surface area contributed by atoms with Gasteiger partial charge in [-0.2, -0.15) is 0 Å². The molecule has 150 valence electrons. The minimum Gasteiger partial charge on any atom is -0.386 e. The summed E-state index contributed by atoms with van der Waals surface area (Å²) < 4.78 is 7.17. The van der Waals surface area contributed by atoms with Gasteiger partial charge in [-0.05, 0) is 25.3 Å². The van der Waals surface area contributed by atoms with Gasteiger partial charge in [-0.1, -0.05) is 25.6 Å². The Morgan fingerprint density at radius 2 is 2.04 bits per heavy atom. The first-order valence-corrected chi connectivity index (χ1v) is 11.4. The SMILES string of the molecule is Cc1sc2nc(SC[C@@H](O)C[NH+]3CCOCC3)n(CC(C)C)c(=O)c2c1C. The van der Waals surface area contributed by atoms with Gasteiger partial charge in [0.15, 0.2) is 5.16 Å². The average Bonchev–Trinajstić information content (AvgIpc) is 2.91. The van der Waals surface area contributed by atoms with Crippen LogP contribution in [-0.2, 0) is 11.3 Å². The number of thiophene rings is 1. The van der Waals surface area contributed by atoms with E-state index in [1.807, 2.05) is 13.8 Å². The van der Waals surface area contributed by atoms with Crippen molar-refractivity contribution < 1.29 is 14.7 Å². The van der Waals surface area contributed by atoms with E-state index in [0.29, 0.717) is 24.8 Å². The second kappa shape index (κ2) is 9.05. The van der Waals surface area contributed by atoms with Crippen molar-refractivity contribution in [3.05, 3.63) is 20.8 Å². The van der Waals surface area contributed by atoms with Crippen molar-refractivity contribution in [1.82, 2.24) is 9.55 Å². The predicted molar refractivity (Wildman–Crippen MR) is 111 cm³/mol. The minimum absolute atomic E-state index is 0.0475. The Hall–Kier alpha value is -0.930. The molecule has 2 aromatic heterocycles. The zero-order chi connectivity index (χ0) is 19.6. The number of aliphatic hydroxyl groups is 1. The van der Waals surface area contributed by atoms with Crippen molar-refractivity contribution in [2.75, 3.05) is 38.6 Å². The molecule has 0 radical (unpaired) electrons. The lowest BCUT2D eigenvalue weighted by Crippen LogP contribution is -3.15. The number of ether oxygens (including phenoxy) is 1. The van der Waals surface area contributed by atoms with Gasteiger partial charge >= 0.3 is 0 Å². The molecule has 3 heterocycles. The van der Waals surface area contributed by atoms with Crippen molar-refractivity contribution in [1.29, 1.82) is 0 Å². The number of aromatic nitrogens is 2.